The van der Waals surface area contributed by atoms with Crippen LogP contribution in [0, 0.1) is 0 Å². The van der Waals surface area contributed by atoms with Gasteiger partial charge in [-0.15, -0.1) is 0 Å². The molecule has 0 fully saturated rings. The molecule has 0 radical (unpaired) electrons. The number of para-hydroxylation sites is 1. The van der Waals surface area contributed by atoms with Crippen LogP contribution in [0.25, 0.3) is 0 Å². The molecule has 1 aliphatic heterocycles. The van der Waals surface area contributed by atoms with Crippen LogP contribution in [0.1, 0.15) is 32.3 Å². The van der Waals surface area contributed by atoms with E-state index in [1.807, 2.05) is 24.3 Å². The monoisotopic (exact) mass is 448 g/mol. The Morgan fingerprint density at radius 3 is 2.65 bits per heavy atom. The Hall–Kier alpha value is -2.94. The van der Waals surface area contributed by atoms with Crippen LogP contribution in [0.15, 0.2) is 42.5 Å². The van der Waals surface area contributed by atoms with E-state index in [2.05, 4.69) is 19.2 Å². The molecule has 0 saturated heterocycles. The number of hydrogen-bond acceptors (Lipinski definition) is 6. The van der Waals surface area contributed by atoms with Gasteiger partial charge < -0.3 is 19.5 Å². The molecule has 0 saturated carbocycles. The molecule has 3 rings (SSSR count). The Labute approximate surface area is 183 Å². The van der Waals surface area contributed by atoms with Crippen molar-refractivity contribution in [2.75, 3.05) is 36.5 Å². The lowest BCUT2D eigenvalue weighted by molar-refractivity contribution is -0.119. The van der Waals surface area contributed by atoms with Crippen LogP contribution in [0.2, 0.25) is 0 Å². The zero-order valence-electron chi connectivity index (χ0n) is 18.0. The average molecular weight is 449 g/mol. The van der Waals surface area contributed by atoms with Gasteiger partial charge in [-0.3, -0.25) is 9.10 Å². The molecule has 31 heavy (non-hydrogen) atoms. The van der Waals surface area contributed by atoms with E-state index in [9.17, 15) is 13.2 Å². The standard InChI is InChI=1S/C22H28N2O6S/c1-4-31(26,27)24(17-9-10-20-21(13-17)30-15-29-20)14-22(25)23-11-12-28-19-8-6-5-7-18(19)16(2)3/h5-10,13,16H,4,11-12,14-15H2,1-3H3,(H,23,25). The van der Waals surface area contributed by atoms with E-state index >= 15 is 0 Å². The van der Waals surface area contributed by atoms with E-state index in [1.165, 1.54) is 6.92 Å². The predicted octanol–water partition coefficient (Wildman–Crippen LogP) is 2.89. The van der Waals surface area contributed by atoms with Crippen molar-refractivity contribution in [2.24, 2.45) is 0 Å². The Balaban J connectivity index is 1.60. The number of fused-ring (bicyclic) bond motifs is 1. The van der Waals surface area contributed by atoms with Crippen molar-refractivity contribution in [3.8, 4) is 17.2 Å². The highest BCUT2D eigenvalue weighted by atomic mass is 32.2. The molecule has 2 aromatic rings. The lowest BCUT2D eigenvalue weighted by Crippen LogP contribution is -2.42. The van der Waals surface area contributed by atoms with Crippen LogP contribution in [-0.4, -0.2) is 46.6 Å². The molecule has 8 nitrogen and oxygen atoms in total. The molecule has 2 aromatic carbocycles. The summed E-state index contributed by atoms with van der Waals surface area (Å²) < 4.78 is 42.7. The quantitative estimate of drug-likeness (QED) is 0.562. The number of amides is 1. The van der Waals surface area contributed by atoms with Gasteiger partial charge in [-0.1, -0.05) is 32.0 Å². The fourth-order valence-corrected chi connectivity index (χ4v) is 4.23. The molecule has 1 heterocycles. The SMILES string of the molecule is CCS(=O)(=O)N(CC(=O)NCCOc1ccccc1C(C)C)c1ccc2c(c1)OCO2. The summed E-state index contributed by atoms with van der Waals surface area (Å²) in [5.74, 6) is 1.54. The summed E-state index contributed by atoms with van der Waals surface area (Å²) in [6, 6.07) is 12.6. The van der Waals surface area contributed by atoms with Crippen molar-refractivity contribution in [3.63, 3.8) is 0 Å². The third-order valence-corrected chi connectivity index (χ3v) is 6.60. The minimum absolute atomic E-state index is 0.0831. The number of hydrogen-bond donors (Lipinski definition) is 1. The summed E-state index contributed by atoms with van der Waals surface area (Å²) in [7, 11) is -3.67. The molecule has 0 unspecified atom stereocenters. The van der Waals surface area contributed by atoms with Crippen molar-refractivity contribution < 1.29 is 27.4 Å². The molecule has 1 amide bonds. The van der Waals surface area contributed by atoms with Crippen LogP contribution in [0.4, 0.5) is 5.69 Å². The van der Waals surface area contributed by atoms with Gasteiger partial charge in [-0.2, -0.15) is 0 Å². The first-order valence-electron chi connectivity index (χ1n) is 10.2. The number of benzene rings is 2. The zero-order valence-corrected chi connectivity index (χ0v) is 18.8. The van der Waals surface area contributed by atoms with Gasteiger partial charge >= 0.3 is 0 Å². The first-order valence-corrected chi connectivity index (χ1v) is 11.8. The largest absolute Gasteiger partial charge is 0.491 e. The Bertz CT molecular complexity index is 1020. The van der Waals surface area contributed by atoms with Gasteiger partial charge in [0.15, 0.2) is 11.5 Å². The summed E-state index contributed by atoms with van der Waals surface area (Å²) in [4.78, 5) is 12.5. The maximum atomic E-state index is 12.6. The number of rotatable bonds is 10. The number of sulfonamides is 1. The maximum Gasteiger partial charge on any atom is 0.240 e. The van der Waals surface area contributed by atoms with Gasteiger partial charge in [0, 0.05) is 6.07 Å². The second kappa shape index (κ2) is 9.91. The smallest absolute Gasteiger partial charge is 0.240 e. The van der Waals surface area contributed by atoms with Crippen molar-refractivity contribution in [3.05, 3.63) is 48.0 Å². The van der Waals surface area contributed by atoms with Gasteiger partial charge in [-0.05, 0) is 36.6 Å². The number of anilines is 1. The van der Waals surface area contributed by atoms with E-state index in [0.717, 1.165) is 15.6 Å². The summed E-state index contributed by atoms with van der Waals surface area (Å²) in [6.07, 6.45) is 0. The fourth-order valence-electron chi connectivity index (χ4n) is 3.17. The number of nitrogens with one attached hydrogen (secondary N) is 1. The summed E-state index contributed by atoms with van der Waals surface area (Å²) >= 11 is 0. The number of nitrogens with zero attached hydrogens (tertiary/aromatic N) is 1. The van der Waals surface area contributed by atoms with E-state index in [-0.39, 0.29) is 32.2 Å². The Morgan fingerprint density at radius 2 is 1.90 bits per heavy atom. The molecule has 0 bridgehead atoms. The summed E-state index contributed by atoms with van der Waals surface area (Å²) in [6.45, 7) is 5.99. The van der Waals surface area contributed by atoms with Crippen molar-refractivity contribution in [1.82, 2.24) is 5.32 Å². The van der Waals surface area contributed by atoms with E-state index in [4.69, 9.17) is 14.2 Å². The van der Waals surface area contributed by atoms with E-state index in [1.54, 1.807) is 18.2 Å². The normalized spacial score (nSPS) is 12.6. The Morgan fingerprint density at radius 1 is 1.16 bits per heavy atom. The lowest BCUT2D eigenvalue weighted by atomic mass is 10.0. The molecule has 168 valence electrons. The van der Waals surface area contributed by atoms with Crippen molar-refractivity contribution in [1.29, 1.82) is 0 Å². The summed E-state index contributed by atoms with van der Waals surface area (Å²) in [5.41, 5.74) is 1.44. The second-order valence-electron chi connectivity index (χ2n) is 7.34. The molecule has 0 aliphatic carbocycles. The zero-order chi connectivity index (χ0) is 22.4. The van der Waals surface area contributed by atoms with E-state index in [0.29, 0.717) is 23.1 Å². The molecule has 0 aromatic heterocycles. The van der Waals surface area contributed by atoms with Crippen LogP contribution in [-0.2, 0) is 14.8 Å². The van der Waals surface area contributed by atoms with Gasteiger partial charge in [0.05, 0.1) is 18.0 Å². The highest BCUT2D eigenvalue weighted by Gasteiger charge is 2.25. The van der Waals surface area contributed by atoms with Crippen LogP contribution in [0.5, 0.6) is 17.2 Å². The maximum absolute atomic E-state index is 12.6. The van der Waals surface area contributed by atoms with E-state index < -0.39 is 15.9 Å². The van der Waals surface area contributed by atoms with Crippen molar-refractivity contribution >= 4 is 21.6 Å². The Kier molecular flexibility index (Phi) is 7.27. The van der Waals surface area contributed by atoms with Gasteiger partial charge in [-0.25, -0.2) is 8.42 Å². The highest BCUT2D eigenvalue weighted by Crippen LogP contribution is 2.36. The number of carbonyl (C=O) groups excluding carboxylic acids is 1. The second-order valence-corrected chi connectivity index (χ2v) is 9.52. The lowest BCUT2D eigenvalue weighted by Gasteiger charge is -2.23. The molecule has 0 atom stereocenters. The topological polar surface area (TPSA) is 94.2 Å². The van der Waals surface area contributed by atoms with Gasteiger partial charge in [0.2, 0.25) is 22.7 Å². The molecule has 1 aliphatic rings. The molecular formula is C22H28N2O6S. The fraction of sp³-hybridized carbons (Fsp3) is 0.409. The molecule has 9 heteroatoms. The first-order chi connectivity index (χ1) is 14.8. The minimum atomic E-state index is -3.67. The third-order valence-electron chi connectivity index (χ3n) is 4.85. The molecular weight excluding hydrogens is 420 g/mol. The van der Waals surface area contributed by atoms with Gasteiger partial charge in [0.25, 0.3) is 0 Å². The van der Waals surface area contributed by atoms with Crippen molar-refractivity contribution in [2.45, 2.75) is 26.7 Å². The number of carbonyl (C=O) groups is 1. The highest BCUT2D eigenvalue weighted by molar-refractivity contribution is 7.92. The van der Waals surface area contributed by atoms with Crippen LogP contribution >= 0.6 is 0 Å². The summed E-state index contributed by atoms with van der Waals surface area (Å²) in [5, 5.41) is 2.72. The van der Waals surface area contributed by atoms with Crippen LogP contribution in [0.3, 0.4) is 0 Å². The average Bonchev–Trinajstić information content (AvgIpc) is 3.23. The minimum Gasteiger partial charge on any atom is -0.491 e. The predicted molar refractivity (Wildman–Crippen MR) is 118 cm³/mol. The molecule has 0 spiro atoms. The first kappa shape index (κ1) is 22.7. The van der Waals surface area contributed by atoms with Gasteiger partial charge in [0.1, 0.15) is 18.9 Å². The van der Waals surface area contributed by atoms with Crippen LogP contribution < -0.4 is 23.8 Å². The molecule has 1 N–H and O–H groups in total. The number of ether oxygens (including phenoxy) is 3. The third kappa shape index (κ3) is 5.61.